The first kappa shape index (κ1) is 31.0. The summed E-state index contributed by atoms with van der Waals surface area (Å²) in [7, 11) is 0. The molecule has 2 aromatic carbocycles. The first-order valence-corrected chi connectivity index (χ1v) is 16.8. The second-order valence-corrected chi connectivity index (χ2v) is 13.8. The van der Waals surface area contributed by atoms with Gasteiger partial charge >= 0.3 is 0 Å². The Bertz CT molecular complexity index is 1970. The van der Waals surface area contributed by atoms with E-state index in [0.29, 0.717) is 35.9 Å². The standard InChI is InChI=1S/C35H33ClN6O4S/c1-18-19(2)47-35-32(18)33(22-6-8-24(36)9-7-22)39-27(34-41-40-20(3)42(34)35)17-31(45)38-26-15-25(16-26)37-30(44)11-10-28(43)23-5-4-21-12-13-46-29(21)14-23/h4-11,14,25-27H,12-13,15-17H2,1-3H3,(H,37,44)(H,38,45)/b11-10+/t25?,26?,27-/m0/s1. The van der Waals surface area contributed by atoms with Crippen LogP contribution < -0.4 is 15.4 Å². The number of benzene rings is 2. The van der Waals surface area contributed by atoms with Crippen molar-refractivity contribution in [1.82, 2.24) is 25.4 Å². The highest BCUT2D eigenvalue weighted by Crippen LogP contribution is 2.39. The van der Waals surface area contributed by atoms with Crippen molar-refractivity contribution in [2.75, 3.05) is 6.61 Å². The van der Waals surface area contributed by atoms with Crippen LogP contribution in [0.2, 0.25) is 5.02 Å². The second kappa shape index (κ2) is 12.5. The zero-order chi connectivity index (χ0) is 32.8. The zero-order valence-electron chi connectivity index (χ0n) is 26.2. The maximum Gasteiger partial charge on any atom is 0.244 e. The van der Waals surface area contributed by atoms with E-state index in [2.05, 4.69) is 34.7 Å². The lowest BCUT2D eigenvalue weighted by Gasteiger charge is -2.36. The highest BCUT2D eigenvalue weighted by Gasteiger charge is 2.35. The Balaban J connectivity index is 0.995. The predicted octanol–water partition coefficient (Wildman–Crippen LogP) is 5.33. The third-order valence-electron chi connectivity index (χ3n) is 8.95. The van der Waals surface area contributed by atoms with Crippen molar-refractivity contribution in [1.29, 1.82) is 0 Å². The summed E-state index contributed by atoms with van der Waals surface area (Å²) in [6.45, 7) is 6.70. The molecule has 2 N–H and O–H groups in total. The van der Waals surface area contributed by atoms with Crippen LogP contribution in [0.15, 0.2) is 59.6 Å². The molecule has 0 saturated heterocycles. The van der Waals surface area contributed by atoms with Crippen LogP contribution in [0.5, 0.6) is 5.75 Å². The number of ketones is 1. The number of thiophene rings is 1. The Hall–Kier alpha value is -4.61. The van der Waals surface area contributed by atoms with Gasteiger partial charge in [-0.25, -0.2) is 0 Å². The number of rotatable bonds is 8. The van der Waals surface area contributed by atoms with Crippen LogP contribution >= 0.6 is 22.9 Å². The highest BCUT2D eigenvalue weighted by molar-refractivity contribution is 7.15. The van der Waals surface area contributed by atoms with Crippen molar-refractivity contribution >= 4 is 46.2 Å². The molecule has 1 aliphatic carbocycles. The lowest BCUT2D eigenvalue weighted by atomic mass is 9.86. The summed E-state index contributed by atoms with van der Waals surface area (Å²) in [5, 5.41) is 16.5. The number of carbonyl (C=O) groups excluding carboxylic acids is 3. The minimum absolute atomic E-state index is 0.0820. The summed E-state index contributed by atoms with van der Waals surface area (Å²) >= 11 is 7.87. The van der Waals surface area contributed by atoms with Gasteiger partial charge in [0.2, 0.25) is 11.8 Å². The molecule has 1 saturated carbocycles. The summed E-state index contributed by atoms with van der Waals surface area (Å²) in [5.41, 5.74) is 5.41. The number of aryl methyl sites for hydroxylation is 2. The maximum atomic E-state index is 13.4. The lowest BCUT2D eigenvalue weighted by molar-refractivity contribution is -0.123. The number of ether oxygens (including phenoxy) is 1. The molecule has 1 atom stereocenters. The largest absolute Gasteiger partial charge is 0.493 e. The first-order chi connectivity index (χ1) is 22.6. The van der Waals surface area contributed by atoms with Gasteiger partial charge < -0.3 is 15.4 Å². The van der Waals surface area contributed by atoms with Crippen LogP contribution in [0.4, 0.5) is 0 Å². The molecular weight excluding hydrogens is 636 g/mol. The van der Waals surface area contributed by atoms with Gasteiger partial charge in [-0.2, -0.15) is 0 Å². The number of aliphatic imine (C=N–C) groups is 1. The number of halogens is 1. The number of allylic oxidation sites excluding steroid dienone is 1. The molecule has 4 aromatic rings. The molecule has 47 heavy (non-hydrogen) atoms. The fraction of sp³-hybridized carbons (Fsp3) is 0.314. The van der Waals surface area contributed by atoms with Crippen molar-refractivity contribution in [2.45, 2.75) is 64.6 Å². The number of fused-ring (bicyclic) bond motifs is 4. The zero-order valence-corrected chi connectivity index (χ0v) is 27.7. The Labute approximate surface area is 280 Å². The van der Waals surface area contributed by atoms with Gasteiger partial charge in [-0.15, -0.1) is 21.5 Å². The van der Waals surface area contributed by atoms with Crippen molar-refractivity contribution in [3.8, 4) is 10.8 Å². The van der Waals surface area contributed by atoms with Crippen LogP contribution in [0, 0.1) is 20.8 Å². The number of hydrogen-bond acceptors (Lipinski definition) is 8. The fourth-order valence-corrected chi connectivity index (χ4v) is 7.60. The third kappa shape index (κ3) is 6.13. The van der Waals surface area contributed by atoms with Gasteiger partial charge in [0, 0.05) is 51.2 Å². The topological polar surface area (TPSA) is 128 Å². The molecule has 0 unspecified atom stereocenters. The monoisotopic (exact) mass is 668 g/mol. The molecule has 0 bridgehead atoms. The van der Waals surface area contributed by atoms with E-state index in [1.165, 1.54) is 17.0 Å². The Kier molecular flexibility index (Phi) is 8.27. The molecule has 2 aliphatic heterocycles. The van der Waals surface area contributed by atoms with E-state index in [4.69, 9.17) is 21.3 Å². The Morgan fingerprint density at radius 2 is 1.79 bits per heavy atom. The van der Waals surface area contributed by atoms with Crippen LogP contribution in [0.25, 0.3) is 5.00 Å². The Morgan fingerprint density at radius 3 is 2.57 bits per heavy atom. The van der Waals surface area contributed by atoms with Gasteiger partial charge in [0.25, 0.3) is 0 Å². The van der Waals surface area contributed by atoms with E-state index in [1.54, 1.807) is 23.5 Å². The SMILES string of the molecule is Cc1sc2c(c1C)C(c1ccc(Cl)cc1)=N[C@@H](CC(=O)NC1CC(NC(=O)/C=C/C(=O)c3ccc4c(c3)OCC4)C1)c1nnc(C)n1-2. The summed E-state index contributed by atoms with van der Waals surface area (Å²) in [5.74, 6) is 1.32. The smallest absolute Gasteiger partial charge is 0.244 e. The fourth-order valence-electron chi connectivity index (χ4n) is 6.26. The molecular formula is C35H33ClN6O4S. The first-order valence-electron chi connectivity index (χ1n) is 15.6. The summed E-state index contributed by atoms with van der Waals surface area (Å²) in [6.07, 6.45) is 4.65. The van der Waals surface area contributed by atoms with Crippen molar-refractivity contribution < 1.29 is 19.1 Å². The van der Waals surface area contributed by atoms with Crippen molar-refractivity contribution in [2.24, 2.45) is 4.99 Å². The van der Waals surface area contributed by atoms with Gasteiger partial charge in [0.05, 0.1) is 18.7 Å². The normalized spacial score (nSPS) is 19.5. The number of hydrogen-bond donors (Lipinski definition) is 2. The predicted molar refractivity (Wildman–Crippen MR) is 180 cm³/mol. The highest BCUT2D eigenvalue weighted by atomic mass is 35.5. The Morgan fingerprint density at radius 1 is 1.02 bits per heavy atom. The van der Waals surface area contributed by atoms with E-state index in [-0.39, 0.29) is 36.1 Å². The molecule has 0 spiro atoms. The van der Waals surface area contributed by atoms with Gasteiger partial charge in [0.15, 0.2) is 11.6 Å². The third-order valence-corrected chi connectivity index (χ3v) is 10.4. The maximum absolute atomic E-state index is 13.4. The minimum Gasteiger partial charge on any atom is -0.493 e. The van der Waals surface area contributed by atoms with E-state index in [0.717, 1.165) is 51.0 Å². The summed E-state index contributed by atoms with van der Waals surface area (Å²) < 4.78 is 7.56. The van der Waals surface area contributed by atoms with Gasteiger partial charge in [0.1, 0.15) is 22.6 Å². The summed E-state index contributed by atoms with van der Waals surface area (Å²) in [4.78, 5) is 44.8. The molecule has 2 aromatic heterocycles. The van der Waals surface area contributed by atoms with Gasteiger partial charge in [-0.05, 0) is 69.0 Å². The number of aromatic nitrogens is 3. The quantitative estimate of drug-likeness (QED) is 0.193. The van der Waals surface area contributed by atoms with E-state index >= 15 is 0 Å². The molecule has 240 valence electrons. The van der Waals surface area contributed by atoms with E-state index in [9.17, 15) is 14.4 Å². The van der Waals surface area contributed by atoms with Crippen LogP contribution in [0.3, 0.4) is 0 Å². The number of nitrogens with zero attached hydrogens (tertiary/aromatic N) is 4. The molecule has 0 radical (unpaired) electrons. The molecule has 10 nitrogen and oxygen atoms in total. The van der Waals surface area contributed by atoms with E-state index < -0.39 is 6.04 Å². The van der Waals surface area contributed by atoms with Crippen molar-refractivity contribution in [3.63, 3.8) is 0 Å². The number of nitrogens with one attached hydrogen (secondary N) is 2. The van der Waals surface area contributed by atoms with Crippen molar-refractivity contribution in [3.05, 3.63) is 104 Å². The van der Waals surface area contributed by atoms with E-state index in [1.807, 2.05) is 41.8 Å². The van der Waals surface area contributed by atoms with Crippen LogP contribution in [-0.2, 0) is 16.0 Å². The van der Waals surface area contributed by atoms with Gasteiger partial charge in [-0.1, -0.05) is 35.9 Å². The molecule has 7 rings (SSSR count). The molecule has 1 fully saturated rings. The minimum atomic E-state index is -0.559. The van der Waals surface area contributed by atoms with Gasteiger partial charge in [-0.3, -0.25) is 23.9 Å². The average molecular weight is 669 g/mol. The molecule has 4 heterocycles. The number of amides is 2. The molecule has 12 heteroatoms. The molecule has 2 amide bonds. The van der Waals surface area contributed by atoms with Crippen LogP contribution in [-0.4, -0.2) is 56.8 Å². The summed E-state index contributed by atoms with van der Waals surface area (Å²) in [6, 6.07) is 12.2. The second-order valence-electron chi connectivity index (χ2n) is 12.2. The number of carbonyl (C=O) groups is 3. The molecule has 3 aliphatic rings. The average Bonchev–Trinajstić information content (AvgIpc) is 3.71. The lowest BCUT2D eigenvalue weighted by Crippen LogP contribution is -2.53. The van der Waals surface area contributed by atoms with Crippen LogP contribution in [0.1, 0.15) is 74.4 Å².